The molecule has 0 saturated heterocycles. The average molecular weight is 412 g/mol. The number of rotatable bonds is 6. The molecule has 1 unspecified atom stereocenters. The number of aliphatic hydroxyl groups is 1. The van der Waals surface area contributed by atoms with Gasteiger partial charge in [-0.15, -0.1) is 11.8 Å². The Bertz CT molecular complexity index is 890. The van der Waals surface area contributed by atoms with Crippen molar-refractivity contribution in [1.82, 2.24) is 0 Å². The number of hydrogen-bond acceptors (Lipinski definition) is 4. The number of carbonyl (C=O) groups excluding carboxylic acids is 1. The number of nitrogens with one attached hydrogen (secondary N) is 1. The lowest BCUT2D eigenvalue weighted by Gasteiger charge is -2.22. The van der Waals surface area contributed by atoms with Gasteiger partial charge in [0.1, 0.15) is 11.4 Å². The maximum Gasteiger partial charge on any atom is 0.393 e. The highest BCUT2D eigenvalue weighted by Crippen LogP contribution is 2.27. The van der Waals surface area contributed by atoms with E-state index in [0.29, 0.717) is 4.90 Å². The van der Waals surface area contributed by atoms with E-state index in [1.165, 1.54) is 43.3 Å². The van der Waals surface area contributed by atoms with Gasteiger partial charge in [-0.05, 0) is 55.0 Å². The third-order valence-corrected chi connectivity index (χ3v) is 5.01. The number of anilines is 1. The topological polar surface area (TPSA) is 73.1 Å². The number of benzene rings is 2. The normalized spacial score (nSPS) is 13.5. The standard InChI is InChI=1S/C19H16F4N2O2S/c1-18(27,11-28-16-6-3-14(20)4-7-16)17(26)25-15-5-2-12(10-24)13(8-15)9-19(21,22)23/h2-8,27H,9,11H2,1H3,(H,25,26). The largest absolute Gasteiger partial charge is 0.393 e. The Balaban J connectivity index is 2.08. The molecule has 0 aromatic heterocycles. The van der Waals surface area contributed by atoms with Gasteiger partial charge < -0.3 is 10.4 Å². The summed E-state index contributed by atoms with van der Waals surface area (Å²) in [6.45, 7) is 1.26. The first kappa shape index (κ1) is 21.7. The van der Waals surface area contributed by atoms with E-state index in [1.807, 2.05) is 0 Å². The molecular weight excluding hydrogens is 396 g/mol. The molecule has 0 spiro atoms. The Kier molecular flexibility index (Phi) is 6.69. The Morgan fingerprint density at radius 1 is 1.21 bits per heavy atom. The number of nitriles is 1. The molecule has 4 nitrogen and oxygen atoms in total. The molecule has 0 aliphatic rings. The molecule has 2 N–H and O–H groups in total. The average Bonchev–Trinajstić information content (AvgIpc) is 2.60. The van der Waals surface area contributed by atoms with Crippen molar-refractivity contribution in [3.63, 3.8) is 0 Å². The fourth-order valence-corrected chi connectivity index (χ4v) is 3.14. The van der Waals surface area contributed by atoms with E-state index in [9.17, 15) is 27.5 Å². The number of carbonyl (C=O) groups is 1. The van der Waals surface area contributed by atoms with Gasteiger partial charge in [-0.1, -0.05) is 0 Å². The van der Waals surface area contributed by atoms with Crippen molar-refractivity contribution < 1.29 is 27.5 Å². The molecular formula is C19H16F4N2O2S. The molecule has 2 aromatic rings. The van der Waals surface area contributed by atoms with Gasteiger partial charge in [-0.2, -0.15) is 18.4 Å². The molecule has 0 saturated carbocycles. The molecule has 148 valence electrons. The van der Waals surface area contributed by atoms with Crippen molar-refractivity contribution in [3.05, 3.63) is 59.4 Å². The molecule has 0 heterocycles. The summed E-state index contributed by atoms with van der Waals surface area (Å²) in [6.07, 6.45) is -5.82. The van der Waals surface area contributed by atoms with Crippen molar-refractivity contribution in [2.24, 2.45) is 0 Å². The number of nitrogens with zero attached hydrogens (tertiary/aromatic N) is 1. The summed E-state index contributed by atoms with van der Waals surface area (Å²) in [5.74, 6) is -1.29. The van der Waals surface area contributed by atoms with Crippen molar-refractivity contribution >= 4 is 23.4 Å². The predicted molar refractivity (Wildman–Crippen MR) is 97.3 cm³/mol. The van der Waals surface area contributed by atoms with Crippen LogP contribution in [0.25, 0.3) is 0 Å². The van der Waals surface area contributed by atoms with E-state index < -0.39 is 29.9 Å². The van der Waals surface area contributed by atoms with Crippen LogP contribution >= 0.6 is 11.8 Å². The van der Waals surface area contributed by atoms with Gasteiger partial charge in [0.2, 0.25) is 0 Å². The molecule has 2 rings (SSSR count). The van der Waals surface area contributed by atoms with E-state index in [-0.39, 0.29) is 22.6 Å². The summed E-state index contributed by atoms with van der Waals surface area (Å²) in [6, 6.07) is 10.7. The third-order valence-electron chi connectivity index (χ3n) is 3.70. The zero-order valence-corrected chi connectivity index (χ0v) is 15.5. The fourth-order valence-electron chi connectivity index (χ4n) is 2.23. The third kappa shape index (κ3) is 6.25. The second kappa shape index (κ2) is 8.63. The van der Waals surface area contributed by atoms with Gasteiger partial charge >= 0.3 is 6.18 Å². The van der Waals surface area contributed by atoms with Crippen LogP contribution in [0.4, 0.5) is 23.2 Å². The van der Waals surface area contributed by atoms with Gasteiger partial charge in [0.15, 0.2) is 0 Å². The first-order valence-corrected chi connectivity index (χ1v) is 9.01. The predicted octanol–water partition coefficient (Wildman–Crippen LogP) is 4.28. The van der Waals surface area contributed by atoms with Crippen LogP contribution in [0.3, 0.4) is 0 Å². The van der Waals surface area contributed by atoms with Gasteiger partial charge in [0.25, 0.3) is 5.91 Å². The van der Waals surface area contributed by atoms with Crippen LogP contribution in [0.5, 0.6) is 0 Å². The summed E-state index contributed by atoms with van der Waals surface area (Å²) >= 11 is 1.12. The Labute approximate surface area is 163 Å². The Hall–Kier alpha value is -2.57. The van der Waals surface area contributed by atoms with Crippen LogP contribution in [0.1, 0.15) is 18.1 Å². The first-order chi connectivity index (χ1) is 13.0. The summed E-state index contributed by atoms with van der Waals surface area (Å²) in [5.41, 5.74) is -2.21. The summed E-state index contributed by atoms with van der Waals surface area (Å²) in [7, 11) is 0. The summed E-state index contributed by atoms with van der Waals surface area (Å²) in [4.78, 5) is 13.0. The highest BCUT2D eigenvalue weighted by molar-refractivity contribution is 7.99. The van der Waals surface area contributed by atoms with Crippen LogP contribution < -0.4 is 5.32 Å². The maximum absolute atomic E-state index is 12.9. The Morgan fingerprint density at radius 3 is 2.43 bits per heavy atom. The molecule has 0 aliphatic carbocycles. The van der Waals surface area contributed by atoms with Gasteiger partial charge in [0, 0.05) is 16.3 Å². The minimum Gasteiger partial charge on any atom is -0.379 e. The molecule has 2 aromatic carbocycles. The van der Waals surface area contributed by atoms with Crippen molar-refractivity contribution in [3.8, 4) is 6.07 Å². The molecule has 0 fully saturated rings. The van der Waals surface area contributed by atoms with Crippen molar-refractivity contribution in [2.45, 2.75) is 30.0 Å². The monoisotopic (exact) mass is 412 g/mol. The Morgan fingerprint density at radius 2 is 1.86 bits per heavy atom. The zero-order chi connectivity index (χ0) is 20.9. The number of hydrogen-bond donors (Lipinski definition) is 2. The summed E-state index contributed by atoms with van der Waals surface area (Å²) < 4.78 is 50.9. The fraction of sp³-hybridized carbons (Fsp3) is 0.263. The summed E-state index contributed by atoms with van der Waals surface area (Å²) in [5, 5.41) is 21.7. The zero-order valence-electron chi connectivity index (χ0n) is 14.7. The van der Waals surface area contributed by atoms with Crippen molar-refractivity contribution in [1.29, 1.82) is 5.26 Å². The SMILES string of the molecule is CC(O)(CSc1ccc(F)cc1)C(=O)Nc1ccc(C#N)c(CC(F)(F)F)c1. The molecule has 0 bridgehead atoms. The molecule has 9 heteroatoms. The molecule has 1 atom stereocenters. The lowest BCUT2D eigenvalue weighted by molar-refractivity contribution is -0.130. The quantitative estimate of drug-likeness (QED) is 0.549. The van der Waals surface area contributed by atoms with Gasteiger partial charge in [0.05, 0.1) is 18.1 Å². The van der Waals surface area contributed by atoms with Crippen LogP contribution in [-0.2, 0) is 11.2 Å². The minimum absolute atomic E-state index is 0.0373. The molecule has 0 radical (unpaired) electrons. The highest BCUT2D eigenvalue weighted by Gasteiger charge is 2.32. The van der Waals surface area contributed by atoms with Crippen molar-refractivity contribution in [2.75, 3.05) is 11.1 Å². The first-order valence-electron chi connectivity index (χ1n) is 8.02. The highest BCUT2D eigenvalue weighted by atomic mass is 32.2. The molecule has 1 amide bonds. The van der Waals surface area contributed by atoms with Crippen LogP contribution in [0.2, 0.25) is 0 Å². The number of thioether (sulfide) groups is 1. The van der Waals surface area contributed by atoms with E-state index in [4.69, 9.17) is 5.26 Å². The van der Waals surface area contributed by atoms with Crippen LogP contribution in [0.15, 0.2) is 47.4 Å². The van der Waals surface area contributed by atoms with E-state index >= 15 is 0 Å². The lowest BCUT2D eigenvalue weighted by atomic mass is 10.0. The smallest absolute Gasteiger partial charge is 0.379 e. The lowest BCUT2D eigenvalue weighted by Crippen LogP contribution is -2.42. The van der Waals surface area contributed by atoms with E-state index in [2.05, 4.69) is 5.32 Å². The van der Waals surface area contributed by atoms with Crippen LogP contribution in [-0.4, -0.2) is 28.5 Å². The molecule has 28 heavy (non-hydrogen) atoms. The van der Waals surface area contributed by atoms with Gasteiger partial charge in [-0.3, -0.25) is 4.79 Å². The van der Waals surface area contributed by atoms with E-state index in [0.717, 1.165) is 17.8 Å². The number of halogens is 4. The van der Waals surface area contributed by atoms with Crippen LogP contribution in [0, 0.1) is 17.1 Å². The van der Waals surface area contributed by atoms with E-state index in [1.54, 1.807) is 6.07 Å². The maximum atomic E-state index is 12.9. The molecule has 0 aliphatic heterocycles. The second-order valence-electron chi connectivity index (χ2n) is 6.25. The minimum atomic E-state index is -4.51. The van der Waals surface area contributed by atoms with Gasteiger partial charge in [-0.25, -0.2) is 4.39 Å². The number of amides is 1. The number of alkyl halides is 3. The second-order valence-corrected chi connectivity index (χ2v) is 7.30.